The molecule has 1 heterocycles. The van der Waals surface area contributed by atoms with Crippen molar-refractivity contribution in [3.63, 3.8) is 0 Å². The molecule has 1 aromatic carbocycles. The fraction of sp³-hybridized carbons (Fsp3) is 0. The number of aromatic hydroxyl groups is 1. The predicted molar refractivity (Wildman–Crippen MR) is 50.3 cm³/mol. The fourth-order valence-corrected chi connectivity index (χ4v) is 1.41. The van der Waals surface area contributed by atoms with E-state index >= 15 is 0 Å². The molecule has 1 aromatic heterocycles. The minimum Gasteiger partial charge on any atom is -0.508 e. The first-order chi connectivity index (χ1) is 6.34. The Morgan fingerprint density at radius 3 is 3.00 bits per heavy atom. The van der Waals surface area contributed by atoms with Gasteiger partial charge in [0.25, 0.3) is 5.19 Å². The summed E-state index contributed by atoms with van der Waals surface area (Å²) in [6.45, 7) is 0. The number of phenols is 1. The van der Waals surface area contributed by atoms with Crippen LogP contribution in [0.5, 0.6) is 16.7 Å². The SMILES string of the molecule is Oc1cccc(Oc2nccs2)c1. The highest BCUT2D eigenvalue weighted by Gasteiger charge is 1.99. The van der Waals surface area contributed by atoms with Gasteiger partial charge in [-0.25, -0.2) is 4.98 Å². The van der Waals surface area contributed by atoms with Crippen molar-refractivity contribution in [3.8, 4) is 16.7 Å². The number of thiazole rings is 1. The van der Waals surface area contributed by atoms with Crippen molar-refractivity contribution in [2.24, 2.45) is 0 Å². The molecule has 0 saturated carbocycles. The summed E-state index contributed by atoms with van der Waals surface area (Å²) >= 11 is 1.41. The van der Waals surface area contributed by atoms with E-state index in [-0.39, 0.29) is 5.75 Å². The highest BCUT2D eigenvalue weighted by molar-refractivity contribution is 7.11. The molecule has 66 valence electrons. The molecule has 0 aliphatic rings. The Bertz CT molecular complexity index is 386. The average Bonchev–Trinajstić information content (AvgIpc) is 2.57. The van der Waals surface area contributed by atoms with Gasteiger partial charge in [0.15, 0.2) is 0 Å². The van der Waals surface area contributed by atoms with Crippen LogP contribution in [0.4, 0.5) is 0 Å². The van der Waals surface area contributed by atoms with Gasteiger partial charge in [-0.15, -0.1) is 0 Å². The predicted octanol–water partition coefficient (Wildman–Crippen LogP) is 2.64. The van der Waals surface area contributed by atoms with Gasteiger partial charge in [0.2, 0.25) is 0 Å². The summed E-state index contributed by atoms with van der Waals surface area (Å²) in [5, 5.41) is 11.6. The van der Waals surface area contributed by atoms with E-state index in [1.807, 2.05) is 5.38 Å². The van der Waals surface area contributed by atoms with Crippen molar-refractivity contribution in [2.45, 2.75) is 0 Å². The van der Waals surface area contributed by atoms with Gasteiger partial charge in [0, 0.05) is 17.6 Å². The van der Waals surface area contributed by atoms with E-state index in [2.05, 4.69) is 4.98 Å². The summed E-state index contributed by atoms with van der Waals surface area (Å²) in [6, 6.07) is 6.62. The second-order valence-corrected chi connectivity index (χ2v) is 3.25. The monoisotopic (exact) mass is 193 g/mol. The first-order valence-electron chi connectivity index (χ1n) is 3.71. The van der Waals surface area contributed by atoms with Crippen LogP contribution < -0.4 is 4.74 Å². The largest absolute Gasteiger partial charge is 0.508 e. The van der Waals surface area contributed by atoms with Crippen LogP contribution in [-0.4, -0.2) is 10.1 Å². The van der Waals surface area contributed by atoms with Gasteiger partial charge in [-0.3, -0.25) is 0 Å². The smallest absolute Gasteiger partial charge is 0.278 e. The molecule has 0 amide bonds. The second kappa shape index (κ2) is 3.45. The molecule has 13 heavy (non-hydrogen) atoms. The fourth-order valence-electron chi connectivity index (χ4n) is 0.909. The molecule has 0 unspecified atom stereocenters. The van der Waals surface area contributed by atoms with Crippen molar-refractivity contribution < 1.29 is 9.84 Å². The van der Waals surface area contributed by atoms with Crippen molar-refractivity contribution in [2.75, 3.05) is 0 Å². The molecule has 4 heteroatoms. The molecule has 0 aliphatic carbocycles. The molecule has 0 saturated heterocycles. The third-order valence-electron chi connectivity index (χ3n) is 1.43. The van der Waals surface area contributed by atoms with Crippen LogP contribution in [0.15, 0.2) is 35.8 Å². The lowest BCUT2D eigenvalue weighted by molar-refractivity contribution is 0.454. The summed E-state index contributed by atoms with van der Waals surface area (Å²) in [7, 11) is 0. The van der Waals surface area contributed by atoms with Crippen LogP contribution in [0.1, 0.15) is 0 Å². The Kier molecular flexibility index (Phi) is 2.14. The molecule has 3 nitrogen and oxygen atoms in total. The van der Waals surface area contributed by atoms with Gasteiger partial charge in [-0.1, -0.05) is 17.4 Å². The minimum absolute atomic E-state index is 0.189. The number of phenolic OH excluding ortho intramolecular Hbond substituents is 1. The summed E-state index contributed by atoms with van der Waals surface area (Å²) in [4.78, 5) is 3.96. The highest BCUT2D eigenvalue weighted by Crippen LogP contribution is 2.25. The van der Waals surface area contributed by atoms with E-state index in [4.69, 9.17) is 9.84 Å². The van der Waals surface area contributed by atoms with Gasteiger partial charge in [0.05, 0.1) is 0 Å². The van der Waals surface area contributed by atoms with E-state index in [9.17, 15) is 0 Å². The van der Waals surface area contributed by atoms with Gasteiger partial charge < -0.3 is 9.84 Å². The molecule has 2 rings (SSSR count). The van der Waals surface area contributed by atoms with E-state index < -0.39 is 0 Å². The Morgan fingerprint density at radius 1 is 1.38 bits per heavy atom. The molecule has 0 spiro atoms. The van der Waals surface area contributed by atoms with Gasteiger partial charge in [-0.2, -0.15) is 0 Å². The normalized spacial score (nSPS) is 9.85. The van der Waals surface area contributed by atoms with E-state index in [1.54, 1.807) is 30.5 Å². The number of rotatable bonds is 2. The van der Waals surface area contributed by atoms with E-state index in [0.29, 0.717) is 10.9 Å². The van der Waals surface area contributed by atoms with Crippen molar-refractivity contribution in [1.29, 1.82) is 0 Å². The molecule has 0 aliphatic heterocycles. The summed E-state index contributed by atoms with van der Waals surface area (Å²) < 4.78 is 5.35. The Balaban J connectivity index is 2.19. The molecular weight excluding hydrogens is 186 g/mol. The zero-order chi connectivity index (χ0) is 9.10. The van der Waals surface area contributed by atoms with Crippen molar-refractivity contribution in [1.82, 2.24) is 4.98 Å². The van der Waals surface area contributed by atoms with Crippen LogP contribution in [0.2, 0.25) is 0 Å². The third kappa shape index (κ3) is 1.97. The van der Waals surface area contributed by atoms with Crippen molar-refractivity contribution in [3.05, 3.63) is 35.8 Å². The average molecular weight is 193 g/mol. The number of benzene rings is 1. The quantitative estimate of drug-likeness (QED) is 0.797. The molecule has 0 fully saturated rings. The van der Waals surface area contributed by atoms with Crippen LogP contribution in [0.3, 0.4) is 0 Å². The maximum atomic E-state index is 9.14. The number of nitrogens with zero attached hydrogens (tertiary/aromatic N) is 1. The van der Waals surface area contributed by atoms with Gasteiger partial charge in [0.1, 0.15) is 11.5 Å². The third-order valence-corrected chi connectivity index (χ3v) is 2.08. The van der Waals surface area contributed by atoms with Crippen LogP contribution in [-0.2, 0) is 0 Å². The Hall–Kier alpha value is -1.55. The maximum Gasteiger partial charge on any atom is 0.278 e. The first-order valence-corrected chi connectivity index (χ1v) is 4.59. The number of hydrogen-bond acceptors (Lipinski definition) is 4. The topological polar surface area (TPSA) is 42.4 Å². The molecule has 1 N–H and O–H groups in total. The van der Waals surface area contributed by atoms with Gasteiger partial charge >= 0.3 is 0 Å². The number of aromatic nitrogens is 1. The Morgan fingerprint density at radius 2 is 2.31 bits per heavy atom. The molecule has 0 radical (unpaired) electrons. The lowest BCUT2D eigenvalue weighted by Gasteiger charge is -2.00. The molecule has 2 aromatic rings. The van der Waals surface area contributed by atoms with E-state index in [0.717, 1.165) is 0 Å². The van der Waals surface area contributed by atoms with Crippen LogP contribution >= 0.6 is 11.3 Å². The number of hydrogen-bond donors (Lipinski definition) is 1. The summed E-state index contributed by atoms with van der Waals surface area (Å²) in [5.74, 6) is 0.781. The molecule has 0 atom stereocenters. The molecule has 0 bridgehead atoms. The summed E-state index contributed by atoms with van der Waals surface area (Å²) in [6.07, 6.45) is 1.67. The number of ether oxygens (including phenoxy) is 1. The highest BCUT2D eigenvalue weighted by atomic mass is 32.1. The maximum absolute atomic E-state index is 9.14. The van der Waals surface area contributed by atoms with Gasteiger partial charge in [-0.05, 0) is 12.1 Å². The zero-order valence-corrected chi connectivity index (χ0v) is 7.49. The van der Waals surface area contributed by atoms with Crippen molar-refractivity contribution >= 4 is 11.3 Å². The standard InChI is InChI=1S/C9H7NO2S/c11-7-2-1-3-8(6-7)12-9-10-4-5-13-9/h1-6,11H. The zero-order valence-electron chi connectivity index (χ0n) is 6.68. The lowest BCUT2D eigenvalue weighted by atomic mass is 10.3. The Labute approximate surface area is 79.3 Å². The minimum atomic E-state index is 0.189. The molecular formula is C9H7NO2S. The summed E-state index contributed by atoms with van der Waals surface area (Å²) in [5.41, 5.74) is 0. The van der Waals surface area contributed by atoms with Crippen LogP contribution in [0.25, 0.3) is 0 Å². The second-order valence-electron chi connectivity index (χ2n) is 2.40. The first kappa shape index (κ1) is 8.07. The van der Waals surface area contributed by atoms with Crippen LogP contribution in [0, 0.1) is 0 Å². The van der Waals surface area contributed by atoms with E-state index in [1.165, 1.54) is 11.3 Å². The lowest BCUT2D eigenvalue weighted by Crippen LogP contribution is -1.81.